The summed E-state index contributed by atoms with van der Waals surface area (Å²) in [5.41, 5.74) is -1.75. The first-order valence-corrected chi connectivity index (χ1v) is 11.7. The summed E-state index contributed by atoms with van der Waals surface area (Å²) >= 11 is 0. The molecule has 2 heterocycles. The van der Waals surface area contributed by atoms with Gasteiger partial charge in [-0.2, -0.15) is 13.9 Å². The van der Waals surface area contributed by atoms with Gasteiger partial charge in [0.2, 0.25) is 5.92 Å². The van der Waals surface area contributed by atoms with Crippen molar-refractivity contribution in [3.05, 3.63) is 35.3 Å². The third kappa shape index (κ3) is 5.11. The molecule has 7 nitrogen and oxygen atoms in total. The van der Waals surface area contributed by atoms with Gasteiger partial charge in [0.15, 0.2) is 14.9 Å². The highest BCUT2D eigenvalue weighted by atomic mass is 32.2. The number of sulfone groups is 1. The highest BCUT2D eigenvalue weighted by Crippen LogP contribution is 2.48. The van der Waals surface area contributed by atoms with Gasteiger partial charge in [0.25, 0.3) is 11.8 Å². The van der Waals surface area contributed by atoms with Crippen LogP contribution in [0.3, 0.4) is 0 Å². The number of carbonyl (C=O) groups is 1. The first-order valence-electron chi connectivity index (χ1n) is 9.82. The Morgan fingerprint density at radius 3 is 2.50 bits per heavy atom. The molecule has 1 N–H and O–H groups in total. The van der Waals surface area contributed by atoms with Crippen LogP contribution in [0.1, 0.15) is 54.9 Å². The van der Waals surface area contributed by atoms with Crippen LogP contribution in [0.4, 0.5) is 23.2 Å². The summed E-state index contributed by atoms with van der Waals surface area (Å²) in [4.78, 5) is 16.8. The van der Waals surface area contributed by atoms with Gasteiger partial charge < -0.3 is 5.32 Å². The smallest absolute Gasteiger partial charge is 0.289 e. The van der Waals surface area contributed by atoms with Crippen LogP contribution >= 0.6 is 0 Å². The normalized spacial score (nSPS) is 21.0. The number of alkyl halides is 4. The zero-order valence-electron chi connectivity index (χ0n) is 18.0. The first-order chi connectivity index (χ1) is 14.5. The molecule has 1 saturated carbocycles. The molecule has 2 aromatic rings. The second-order valence-electron chi connectivity index (χ2n) is 8.82. The van der Waals surface area contributed by atoms with Crippen molar-refractivity contribution in [1.82, 2.24) is 14.8 Å². The summed E-state index contributed by atoms with van der Waals surface area (Å²) in [6.07, 6.45) is 1.52. The van der Waals surface area contributed by atoms with E-state index in [1.807, 2.05) is 0 Å². The molecular formula is C20H24F4N4O3S. The molecule has 1 amide bonds. The summed E-state index contributed by atoms with van der Waals surface area (Å²) < 4.78 is 80.3. The molecular weight excluding hydrogens is 452 g/mol. The number of aromatic nitrogens is 3. The average molecular weight is 476 g/mol. The fourth-order valence-electron chi connectivity index (χ4n) is 4.03. The molecule has 12 heteroatoms. The molecule has 0 aliphatic heterocycles. The lowest BCUT2D eigenvalue weighted by atomic mass is 9.88. The van der Waals surface area contributed by atoms with Crippen molar-refractivity contribution < 1.29 is 30.8 Å². The highest BCUT2D eigenvalue weighted by molar-refractivity contribution is 7.90. The Morgan fingerprint density at radius 2 is 1.97 bits per heavy atom. The van der Waals surface area contributed by atoms with Gasteiger partial charge in [0.1, 0.15) is 11.4 Å². The minimum absolute atomic E-state index is 0.0826. The van der Waals surface area contributed by atoms with Crippen molar-refractivity contribution in [3.8, 4) is 0 Å². The van der Waals surface area contributed by atoms with E-state index in [4.69, 9.17) is 0 Å². The Balaban J connectivity index is 1.99. The van der Waals surface area contributed by atoms with Crippen LogP contribution in [0.2, 0.25) is 0 Å². The average Bonchev–Trinajstić information content (AvgIpc) is 3.09. The molecule has 0 bridgehead atoms. The van der Waals surface area contributed by atoms with Crippen molar-refractivity contribution in [1.29, 1.82) is 0 Å². The van der Waals surface area contributed by atoms with E-state index >= 15 is 0 Å². The molecule has 1 fully saturated rings. The summed E-state index contributed by atoms with van der Waals surface area (Å²) in [5.74, 6) is -7.04. The Hall–Kier alpha value is -2.50. The van der Waals surface area contributed by atoms with Crippen molar-refractivity contribution in [2.45, 2.75) is 63.4 Å². The van der Waals surface area contributed by atoms with Crippen LogP contribution in [-0.4, -0.2) is 41.3 Å². The van der Waals surface area contributed by atoms with Crippen LogP contribution in [0.15, 0.2) is 23.4 Å². The molecule has 32 heavy (non-hydrogen) atoms. The molecule has 2 aromatic heterocycles. The van der Waals surface area contributed by atoms with Crippen molar-refractivity contribution in [3.63, 3.8) is 0 Å². The largest absolute Gasteiger partial charge is 0.321 e. The molecule has 0 aromatic carbocycles. The first kappa shape index (κ1) is 24.1. The molecule has 176 valence electrons. The van der Waals surface area contributed by atoms with Crippen molar-refractivity contribution in [2.75, 3.05) is 11.6 Å². The lowest BCUT2D eigenvalue weighted by Gasteiger charge is -2.24. The number of nitrogens with zero attached hydrogens (tertiary/aromatic N) is 3. The lowest BCUT2D eigenvalue weighted by molar-refractivity contribution is -0.00489. The zero-order chi connectivity index (χ0) is 24.1. The number of carbonyl (C=O) groups excluding carboxylic acids is 1. The van der Waals surface area contributed by atoms with Gasteiger partial charge >= 0.3 is 0 Å². The van der Waals surface area contributed by atoms with Crippen molar-refractivity contribution >= 4 is 21.4 Å². The number of anilines is 1. The number of hydrogen-bond donors (Lipinski definition) is 1. The third-order valence-corrected chi connectivity index (χ3v) is 6.49. The van der Waals surface area contributed by atoms with Crippen LogP contribution in [-0.2, 0) is 22.3 Å². The van der Waals surface area contributed by atoms with Crippen LogP contribution < -0.4 is 5.32 Å². The van der Waals surface area contributed by atoms with Gasteiger partial charge in [-0.3, -0.25) is 9.48 Å². The van der Waals surface area contributed by atoms with Crippen molar-refractivity contribution in [2.24, 2.45) is 5.41 Å². The summed E-state index contributed by atoms with van der Waals surface area (Å²) in [7, 11) is -3.64. The standard InChI is InChI=1S/C20H24F4N4O3S/c1-12-15(17(29)26-13-5-8-25-14(9-13)32(4,30)31)28(27-16(12)19(3,21)22)11-18(2)6-7-20(23,24)10-18/h5,8-9H,6-7,10-11H2,1-4H3,(H,25,26,29). The van der Waals surface area contributed by atoms with Gasteiger partial charge in [-0.15, -0.1) is 0 Å². The van der Waals surface area contributed by atoms with E-state index in [2.05, 4.69) is 15.4 Å². The van der Waals surface area contributed by atoms with Gasteiger partial charge in [-0.25, -0.2) is 22.2 Å². The zero-order valence-corrected chi connectivity index (χ0v) is 18.9. The fourth-order valence-corrected chi connectivity index (χ4v) is 4.63. The number of amides is 1. The molecule has 0 radical (unpaired) electrons. The van der Waals surface area contributed by atoms with E-state index in [0.29, 0.717) is 6.92 Å². The van der Waals surface area contributed by atoms with Gasteiger partial charge in [0.05, 0.1) is 0 Å². The number of hydrogen-bond acceptors (Lipinski definition) is 5. The molecule has 3 rings (SSSR count). The SMILES string of the molecule is Cc1c(C(C)(F)F)nn(CC2(C)CCC(F)(F)C2)c1C(=O)Nc1ccnc(S(C)(=O)=O)c1. The Kier molecular flexibility index (Phi) is 5.90. The maximum absolute atomic E-state index is 14.1. The highest BCUT2D eigenvalue weighted by Gasteiger charge is 2.47. The molecule has 1 aliphatic rings. The topological polar surface area (TPSA) is 93.9 Å². The predicted octanol–water partition coefficient (Wildman–Crippen LogP) is 4.18. The van der Waals surface area contributed by atoms with E-state index in [1.54, 1.807) is 6.92 Å². The Labute approximate surface area is 183 Å². The fraction of sp³-hybridized carbons (Fsp3) is 0.550. The van der Waals surface area contributed by atoms with E-state index in [0.717, 1.165) is 17.0 Å². The van der Waals surface area contributed by atoms with E-state index < -0.39 is 45.1 Å². The second kappa shape index (κ2) is 7.82. The maximum atomic E-state index is 14.1. The van der Waals surface area contributed by atoms with Gasteiger partial charge in [-0.1, -0.05) is 6.92 Å². The minimum Gasteiger partial charge on any atom is -0.321 e. The second-order valence-corrected chi connectivity index (χ2v) is 10.8. The van der Waals surface area contributed by atoms with Gasteiger partial charge in [0, 0.05) is 50.0 Å². The number of halogens is 4. The Bertz CT molecular complexity index is 1160. The Morgan fingerprint density at radius 1 is 1.31 bits per heavy atom. The molecule has 1 aliphatic carbocycles. The summed E-state index contributed by atoms with van der Waals surface area (Å²) in [6.45, 7) is 3.41. The van der Waals surface area contributed by atoms with Crippen LogP contribution in [0.5, 0.6) is 0 Å². The maximum Gasteiger partial charge on any atom is 0.289 e. The van der Waals surface area contributed by atoms with Crippen LogP contribution in [0, 0.1) is 12.3 Å². The number of rotatable bonds is 6. The van der Waals surface area contributed by atoms with E-state index in [1.165, 1.54) is 19.2 Å². The van der Waals surface area contributed by atoms with Crippen LogP contribution in [0.25, 0.3) is 0 Å². The summed E-state index contributed by atoms with van der Waals surface area (Å²) in [6, 6.07) is 2.48. The quantitative estimate of drug-likeness (QED) is 0.632. The summed E-state index contributed by atoms with van der Waals surface area (Å²) in [5, 5.41) is 6.11. The monoisotopic (exact) mass is 476 g/mol. The lowest BCUT2D eigenvalue weighted by Crippen LogP contribution is -2.27. The molecule has 1 atom stereocenters. The molecule has 0 saturated heterocycles. The van der Waals surface area contributed by atoms with E-state index in [-0.39, 0.29) is 41.4 Å². The minimum atomic E-state index is -3.64. The number of pyridine rings is 1. The number of nitrogens with one attached hydrogen (secondary N) is 1. The molecule has 0 spiro atoms. The third-order valence-electron chi connectivity index (χ3n) is 5.50. The predicted molar refractivity (Wildman–Crippen MR) is 109 cm³/mol. The van der Waals surface area contributed by atoms with Gasteiger partial charge in [-0.05, 0) is 30.9 Å². The molecule has 1 unspecified atom stereocenters. The van der Waals surface area contributed by atoms with E-state index in [9.17, 15) is 30.8 Å².